The summed E-state index contributed by atoms with van der Waals surface area (Å²) >= 11 is 0. The van der Waals surface area contributed by atoms with E-state index in [0.29, 0.717) is 18.5 Å². The molecule has 1 aromatic rings. The van der Waals surface area contributed by atoms with Gasteiger partial charge in [-0.05, 0) is 18.0 Å². The summed E-state index contributed by atoms with van der Waals surface area (Å²) in [5, 5.41) is 12.4. The molecule has 0 heterocycles. The van der Waals surface area contributed by atoms with E-state index in [4.69, 9.17) is 10.6 Å². The minimum absolute atomic E-state index is 0.316. The fourth-order valence-corrected chi connectivity index (χ4v) is 1.05. The van der Waals surface area contributed by atoms with Crippen molar-refractivity contribution in [3.63, 3.8) is 0 Å². The monoisotopic (exact) mass is 207 g/mol. The van der Waals surface area contributed by atoms with E-state index < -0.39 is 5.82 Å². The molecule has 0 radical (unpaired) electrons. The molecule has 0 aliphatic rings. The number of azide groups is 1. The van der Waals surface area contributed by atoms with Crippen LogP contribution in [-0.2, 0) is 0 Å². The lowest BCUT2D eigenvalue weighted by Gasteiger charge is -1.98. The third-order valence-corrected chi connectivity index (χ3v) is 1.76. The fourth-order valence-electron chi connectivity index (χ4n) is 1.05. The van der Waals surface area contributed by atoms with Crippen LogP contribution in [-0.4, -0.2) is 11.7 Å². The molecular weight excluding hydrogens is 197 g/mol. The topological polar surface area (TPSA) is 69.0 Å². The highest BCUT2D eigenvalue weighted by Crippen LogP contribution is 2.19. The van der Waals surface area contributed by atoms with E-state index in [1.807, 2.05) is 0 Å². The molecule has 78 valence electrons. The van der Waals surface area contributed by atoms with Gasteiger partial charge in [0.2, 0.25) is 0 Å². The van der Waals surface area contributed by atoms with Crippen molar-refractivity contribution < 1.29 is 9.50 Å². The third-order valence-electron chi connectivity index (χ3n) is 1.76. The second kappa shape index (κ2) is 5.67. The maximum absolute atomic E-state index is 13.2. The predicted molar refractivity (Wildman–Crippen MR) is 55.7 cm³/mol. The van der Waals surface area contributed by atoms with Gasteiger partial charge in [0.15, 0.2) is 11.6 Å². The number of aromatic hydroxyl groups is 1. The van der Waals surface area contributed by atoms with Gasteiger partial charge >= 0.3 is 0 Å². The standard InChI is InChI=1S/C10H10FN3O/c11-10-8(5-3-6-9(10)15)4-1-2-7-13-14-12/h1,3-6,15H,2,7H2. The number of phenols is 1. The van der Waals surface area contributed by atoms with Gasteiger partial charge in [-0.2, -0.15) is 0 Å². The highest BCUT2D eigenvalue weighted by molar-refractivity contribution is 5.52. The van der Waals surface area contributed by atoms with Gasteiger partial charge in [0, 0.05) is 17.0 Å². The SMILES string of the molecule is [N-]=[N+]=NCCC=Cc1cccc(O)c1F. The first-order chi connectivity index (χ1) is 7.25. The summed E-state index contributed by atoms with van der Waals surface area (Å²) in [7, 11) is 0. The van der Waals surface area contributed by atoms with Crippen LogP contribution in [0.4, 0.5) is 4.39 Å². The Labute approximate surface area is 86.3 Å². The molecule has 1 N–H and O–H groups in total. The van der Waals surface area contributed by atoms with E-state index in [-0.39, 0.29) is 5.75 Å². The molecule has 0 atom stereocenters. The highest BCUT2D eigenvalue weighted by Gasteiger charge is 2.02. The molecule has 0 fully saturated rings. The Bertz CT molecular complexity index is 411. The van der Waals surface area contributed by atoms with Crippen LogP contribution in [0.1, 0.15) is 12.0 Å². The average molecular weight is 207 g/mol. The molecule has 0 bridgehead atoms. The Morgan fingerprint density at radius 1 is 1.53 bits per heavy atom. The third kappa shape index (κ3) is 3.32. The molecule has 0 aromatic heterocycles. The molecule has 1 rings (SSSR count). The zero-order valence-electron chi connectivity index (χ0n) is 7.97. The van der Waals surface area contributed by atoms with Crippen LogP contribution in [0.15, 0.2) is 29.4 Å². The second-order valence-electron chi connectivity index (χ2n) is 2.83. The van der Waals surface area contributed by atoms with Crippen molar-refractivity contribution in [2.75, 3.05) is 6.54 Å². The molecule has 0 unspecified atom stereocenters. The molecule has 0 spiro atoms. The van der Waals surface area contributed by atoms with Gasteiger partial charge in [0.05, 0.1) is 0 Å². The number of rotatable bonds is 4. The molecule has 5 heteroatoms. The number of hydrogen-bond acceptors (Lipinski definition) is 2. The quantitative estimate of drug-likeness (QED) is 0.350. The van der Waals surface area contributed by atoms with Crippen LogP contribution in [0.5, 0.6) is 5.75 Å². The first-order valence-electron chi connectivity index (χ1n) is 4.40. The van der Waals surface area contributed by atoms with Crippen molar-refractivity contribution in [1.82, 2.24) is 0 Å². The Balaban J connectivity index is 2.64. The van der Waals surface area contributed by atoms with Crippen LogP contribution in [0.25, 0.3) is 16.5 Å². The average Bonchev–Trinajstić information content (AvgIpc) is 2.24. The normalized spacial score (nSPS) is 10.2. The van der Waals surface area contributed by atoms with E-state index in [1.165, 1.54) is 6.07 Å². The van der Waals surface area contributed by atoms with Gasteiger partial charge in [-0.1, -0.05) is 29.4 Å². The zero-order valence-corrected chi connectivity index (χ0v) is 7.97. The van der Waals surface area contributed by atoms with Crippen molar-refractivity contribution in [3.8, 4) is 5.75 Å². The molecular formula is C10H10FN3O. The smallest absolute Gasteiger partial charge is 0.171 e. The van der Waals surface area contributed by atoms with Crippen molar-refractivity contribution in [1.29, 1.82) is 0 Å². The maximum Gasteiger partial charge on any atom is 0.171 e. The highest BCUT2D eigenvalue weighted by atomic mass is 19.1. The van der Waals surface area contributed by atoms with Gasteiger partial charge in [-0.25, -0.2) is 4.39 Å². The lowest BCUT2D eigenvalue weighted by atomic mass is 10.2. The summed E-state index contributed by atoms with van der Waals surface area (Å²) in [5.41, 5.74) is 8.32. The van der Waals surface area contributed by atoms with E-state index in [9.17, 15) is 4.39 Å². The lowest BCUT2D eigenvalue weighted by molar-refractivity contribution is 0.432. The van der Waals surface area contributed by atoms with Gasteiger partial charge in [0.1, 0.15) is 0 Å². The van der Waals surface area contributed by atoms with Crippen molar-refractivity contribution >= 4 is 6.08 Å². The molecule has 4 nitrogen and oxygen atoms in total. The van der Waals surface area contributed by atoms with Crippen LogP contribution >= 0.6 is 0 Å². The number of nitrogens with zero attached hydrogens (tertiary/aromatic N) is 3. The Morgan fingerprint density at radius 3 is 3.07 bits per heavy atom. The Kier molecular flexibility index (Phi) is 4.19. The van der Waals surface area contributed by atoms with E-state index in [1.54, 1.807) is 24.3 Å². The van der Waals surface area contributed by atoms with Gasteiger partial charge in [-0.3, -0.25) is 0 Å². The Hall–Kier alpha value is -2.00. The predicted octanol–water partition coefficient (Wildman–Crippen LogP) is 3.24. The summed E-state index contributed by atoms with van der Waals surface area (Å²) in [4.78, 5) is 2.59. The van der Waals surface area contributed by atoms with Gasteiger partial charge in [0.25, 0.3) is 0 Å². The fraction of sp³-hybridized carbons (Fsp3) is 0.200. The maximum atomic E-state index is 13.2. The van der Waals surface area contributed by atoms with Crippen molar-refractivity contribution in [3.05, 3.63) is 46.1 Å². The minimum Gasteiger partial charge on any atom is -0.505 e. The Morgan fingerprint density at radius 2 is 2.33 bits per heavy atom. The summed E-state index contributed by atoms with van der Waals surface area (Å²) in [6.07, 6.45) is 3.77. The summed E-state index contributed by atoms with van der Waals surface area (Å²) in [6, 6.07) is 4.40. The summed E-state index contributed by atoms with van der Waals surface area (Å²) in [5.74, 6) is -1.01. The first kappa shape index (κ1) is 11.1. The van der Waals surface area contributed by atoms with Crippen LogP contribution in [0.2, 0.25) is 0 Å². The van der Waals surface area contributed by atoms with Crippen LogP contribution in [0.3, 0.4) is 0 Å². The number of benzene rings is 1. The van der Waals surface area contributed by atoms with Crippen LogP contribution in [0, 0.1) is 5.82 Å². The molecule has 0 saturated carbocycles. The molecule has 0 saturated heterocycles. The lowest BCUT2D eigenvalue weighted by Crippen LogP contribution is -1.82. The van der Waals surface area contributed by atoms with E-state index in [2.05, 4.69) is 10.0 Å². The number of halogens is 1. The first-order valence-corrected chi connectivity index (χ1v) is 4.40. The van der Waals surface area contributed by atoms with Gasteiger partial charge < -0.3 is 5.11 Å². The van der Waals surface area contributed by atoms with Crippen molar-refractivity contribution in [2.24, 2.45) is 5.11 Å². The van der Waals surface area contributed by atoms with Crippen molar-refractivity contribution in [2.45, 2.75) is 6.42 Å². The molecule has 0 amide bonds. The minimum atomic E-state index is -0.641. The molecule has 15 heavy (non-hydrogen) atoms. The summed E-state index contributed by atoms with van der Waals surface area (Å²) in [6.45, 7) is 0.341. The largest absolute Gasteiger partial charge is 0.505 e. The van der Waals surface area contributed by atoms with Crippen LogP contribution < -0.4 is 0 Å². The molecule has 0 aliphatic carbocycles. The zero-order chi connectivity index (χ0) is 11.1. The summed E-state index contributed by atoms with van der Waals surface area (Å²) < 4.78 is 13.2. The van der Waals surface area contributed by atoms with Gasteiger partial charge in [-0.15, -0.1) is 0 Å². The molecule has 0 aliphatic heterocycles. The second-order valence-corrected chi connectivity index (χ2v) is 2.83. The number of phenolic OH excluding ortho intramolecular Hbond substituents is 1. The number of hydrogen-bond donors (Lipinski definition) is 1. The molecule has 1 aromatic carbocycles. The van der Waals surface area contributed by atoms with E-state index >= 15 is 0 Å². The van der Waals surface area contributed by atoms with E-state index in [0.717, 1.165) is 0 Å².